The van der Waals surface area contributed by atoms with E-state index in [1.54, 1.807) is 36.4 Å². The maximum atomic E-state index is 12.7. The lowest BCUT2D eigenvalue weighted by atomic mass is 10.1. The molecule has 0 bridgehead atoms. The normalized spacial score (nSPS) is 23.4. The second-order valence-corrected chi connectivity index (χ2v) is 11.0. The molecule has 0 saturated heterocycles. The average Bonchev–Trinajstić information content (AvgIpc) is 2.94. The first-order valence-electron chi connectivity index (χ1n) is 6.44. The van der Waals surface area contributed by atoms with Crippen molar-refractivity contribution in [2.45, 2.75) is 9.79 Å². The molecule has 2 aliphatic rings. The second-order valence-electron chi connectivity index (χ2n) is 4.88. The van der Waals surface area contributed by atoms with Crippen molar-refractivity contribution >= 4 is 53.1 Å². The third-order valence-corrected chi connectivity index (χ3v) is 8.66. The van der Waals surface area contributed by atoms with Crippen LogP contribution in [0.4, 0.5) is 0 Å². The van der Waals surface area contributed by atoms with Crippen LogP contribution in [-0.4, -0.2) is 11.6 Å². The van der Waals surface area contributed by atoms with Gasteiger partial charge in [0.05, 0.1) is 9.81 Å². The molecule has 6 heteroatoms. The fraction of sp³-hybridized carbons (Fsp3) is 0. The molecule has 0 fully saturated rings. The minimum absolute atomic E-state index is 0.171. The van der Waals surface area contributed by atoms with Crippen molar-refractivity contribution in [2.24, 2.45) is 0 Å². The topological polar surface area (TPSA) is 34.1 Å². The summed E-state index contributed by atoms with van der Waals surface area (Å²) in [5.41, 5.74) is 1.09. The van der Waals surface area contributed by atoms with Crippen molar-refractivity contribution in [3.63, 3.8) is 0 Å². The van der Waals surface area contributed by atoms with Gasteiger partial charge in [-0.25, -0.2) is 0 Å². The molecule has 0 unspecified atom stereocenters. The van der Waals surface area contributed by atoms with Gasteiger partial charge < -0.3 is 0 Å². The van der Waals surface area contributed by atoms with Crippen LogP contribution in [0.25, 0.3) is 0 Å². The van der Waals surface area contributed by atoms with Crippen LogP contribution < -0.4 is 0 Å². The predicted molar refractivity (Wildman–Crippen MR) is 92.0 cm³/mol. The van der Waals surface area contributed by atoms with Crippen molar-refractivity contribution in [3.05, 3.63) is 69.5 Å². The van der Waals surface area contributed by atoms with Crippen molar-refractivity contribution in [1.82, 2.24) is 0 Å². The van der Waals surface area contributed by atoms with Crippen LogP contribution in [0, 0.1) is 0 Å². The summed E-state index contributed by atoms with van der Waals surface area (Å²) >= 11 is 1.28. The van der Waals surface area contributed by atoms with E-state index in [2.05, 4.69) is 0 Å². The standard InChI is InChI=1S/C16H8Cl2O2S2/c17-22(18)12-8-4-2-6-10(12)14(20)16(22)15-13(19)9-5-1-3-7-11(9)21-15/h1-8H/b16-15-. The van der Waals surface area contributed by atoms with Gasteiger partial charge in [0.15, 0.2) is 0 Å². The zero-order chi connectivity index (χ0) is 15.5. The number of ketones is 2. The Bertz CT molecular complexity index is 887. The summed E-state index contributed by atoms with van der Waals surface area (Å²) in [6, 6.07) is 14.3. The van der Waals surface area contributed by atoms with E-state index in [0.29, 0.717) is 20.9 Å². The molecular weight excluding hydrogens is 359 g/mol. The van der Waals surface area contributed by atoms with E-state index < -0.39 is 8.46 Å². The number of hydrogen-bond donors (Lipinski definition) is 0. The number of fused-ring (bicyclic) bond motifs is 2. The summed E-state index contributed by atoms with van der Waals surface area (Å²) in [5, 5.41) is 0. The van der Waals surface area contributed by atoms with E-state index in [9.17, 15) is 9.59 Å². The molecule has 22 heavy (non-hydrogen) atoms. The highest BCUT2D eigenvalue weighted by molar-refractivity contribution is 8.69. The predicted octanol–water partition coefficient (Wildman–Crippen LogP) is 5.55. The Kier molecular flexibility index (Phi) is 3.20. The lowest BCUT2D eigenvalue weighted by Crippen LogP contribution is -2.03. The third kappa shape index (κ3) is 1.85. The van der Waals surface area contributed by atoms with Gasteiger partial charge in [-0.15, -0.1) is 0 Å². The number of rotatable bonds is 0. The molecule has 2 aliphatic heterocycles. The van der Waals surface area contributed by atoms with E-state index in [1.165, 1.54) is 11.8 Å². The number of hydrogen-bond acceptors (Lipinski definition) is 3. The van der Waals surface area contributed by atoms with E-state index in [0.717, 1.165) is 4.90 Å². The molecule has 0 spiro atoms. The molecule has 0 amide bonds. The Balaban J connectivity index is 1.96. The van der Waals surface area contributed by atoms with Gasteiger partial charge in [0.2, 0.25) is 11.6 Å². The fourth-order valence-electron chi connectivity index (χ4n) is 2.62. The van der Waals surface area contributed by atoms with Crippen LogP contribution in [0.5, 0.6) is 0 Å². The van der Waals surface area contributed by atoms with E-state index in [-0.39, 0.29) is 16.5 Å². The van der Waals surface area contributed by atoms with Gasteiger partial charge in [-0.2, -0.15) is 0 Å². The molecule has 2 aromatic carbocycles. The quantitative estimate of drug-likeness (QED) is 0.572. The number of benzene rings is 2. The Labute approximate surface area is 141 Å². The van der Waals surface area contributed by atoms with Crippen molar-refractivity contribution in [1.29, 1.82) is 0 Å². The van der Waals surface area contributed by atoms with Gasteiger partial charge in [-0.1, -0.05) is 36.0 Å². The van der Waals surface area contributed by atoms with Gasteiger partial charge in [-0.05, 0) is 54.1 Å². The minimum Gasteiger partial charge on any atom is -0.288 e. The van der Waals surface area contributed by atoms with Crippen LogP contribution in [0.15, 0.2) is 68.1 Å². The molecule has 0 aromatic heterocycles. The lowest BCUT2D eigenvalue weighted by molar-refractivity contribution is 0.101. The molecule has 0 atom stereocenters. The monoisotopic (exact) mass is 366 g/mol. The zero-order valence-corrected chi connectivity index (χ0v) is 14.2. The molecular formula is C16H8Cl2O2S2. The zero-order valence-electron chi connectivity index (χ0n) is 11.0. The highest BCUT2D eigenvalue weighted by Gasteiger charge is 2.46. The highest BCUT2D eigenvalue weighted by Crippen LogP contribution is 2.77. The third-order valence-electron chi connectivity index (χ3n) is 3.63. The van der Waals surface area contributed by atoms with Crippen molar-refractivity contribution in [3.8, 4) is 0 Å². The summed E-state index contributed by atoms with van der Waals surface area (Å²) in [6.07, 6.45) is 0. The first kappa shape index (κ1) is 14.4. The number of halogens is 2. The Morgan fingerprint density at radius 3 is 2.14 bits per heavy atom. The van der Waals surface area contributed by atoms with Crippen LogP contribution in [0.2, 0.25) is 0 Å². The van der Waals surface area contributed by atoms with Crippen LogP contribution in [0.1, 0.15) is 20.7 Å². The van der Waals surface area contributed by atoms with Crippen LogP contribution >= 0.6 is 41.6 Å². The van der Waals surface area contributed by atoms with Crippen LogP contribution in [0.3, 0.4) is 0 Å². The number of Topliss-reactive ketones (excluding diaryl/α,β-unsaturated/α-hetero) is 2. The fourth-order valence-corrected chi connectivity index (χ4v) is 7.68. The van der Waals surface area contributed by atoms with Crippen molar-refractivity contribution < 1.29 is 9.59 Å². The largest absolute Gasteiger partial charge is 0.288 e. The van der Waals surface area contributed by atoms with Gasteiger partial charge in [0.1, 0.15) is 0 Å². The average molecular weight is 367 g/mol. The van der Waals surface area contributed by atoms with Gasteiger partial charge in [-0.3, -0.25) is 9.59 Å². The van der Waals surface area contributed by atoms with Crippen LogP contribution in [-0.2, 0) is 0 Å². The SMILES string of the molecule is O=C1/C(=C2\C(=O)c3ccccc3S2(Cl)Cl)Sc2ccccc21. The summed E-state index contributed by atoms with van der Waals surface area (Å²) in [6.45, 7) is 0. The first-order valence-corrected chi connectivity index (χ1v) is 10.5. The summed E-state index contributed by atoms with van der Waals surface area (Å²) in [5.74, 6) is -0.408. The summed E-state index contributed by atoms with van der Waals surface area (Å²) < 4.78 is 0. The minimum atomic E-state index is -2.50. The molecule has 0 radical (unpaired) electrons. The number of thioether (sulfide) groups is 1. The Morgan fingerprint density at radius 2 is 1.45 bits per heavy atom. The highest BCUT2D eigenvalue weighted by atomic mass is 36.0. The van der Waals surface area contributed by atoms with Gasteiger partial charge in [0.25, 0.3) is 0 Å². The molecule has 0 N–H and O–H groups in total. The van der Waals surface area contributed by atoms with Gasteiger partial charge in [0, 0.05) is 20.9 Å². The Morgan fingerprint density at radius 1 is 0.818 bits per heavy atom. The summed E-state index contributed by atoms with van der Waals surface area (Å²) in [7, 11) is 10.6. The molecule has 2 aromatic rings. The second kappa shape index (κ2) is 4.90. The molecule has 2 nitrogen and oxygen atoms in total. The maximum Gasteiger partial charge on any atom is 0.202 e. The first-order chi connectivity index (χ1) is 10.5. The van der Waals surface area contributed by atoms with Gasteiger partial charge >= 0.3 is 0 Å². The van der Waals surface area contributed by atoms with E-state index >= 15 is 0 Å². The maximum absolute atomic E-state index is 12.7. The smallest absolute Gasteiger partial charge is 0.202 e. The molecule has 0 saturated carbocycles. The van der Waals surface area contributed by atoms with E-state index in [4.69, 9.17) is 21.4 Å². The Hall–Kier alpha value is -1.20. The van der Waals surface area contributed by atoms with E-state index in [1.807, 2.05) is 12.1 Å². The van der Waals surface area contributed by atoms with Crippen molar-refractivity contribution in [2.75, 3.05) is 0 Å². The number of carbonyl (C=O) groups is 2. The lowest BCUT2D eigenvalue weighted by Gasteiger charge is -2.21. The molecule has 110 valence electrons. The molecule has 2 heterocycles. The number of allylic oxidation sites excluding steroid dienone is 2. The summed E-state index contributed by atoms with van der Waals surface area (Å²) in [4.78, 5) is 27.4. The number of carbonyl (C=O) groups excluding carboxylic acids is 2. The molecule has 4 rings (SSSR count). The molecule has 0 aliphatic carbocycles.